The minimum absolute atomic E-state index is 0.0391. The normalized spacial score (nSPS) is 13.9. The molecule has 0 aliphatic carbocycles. The molecule has 0 fully saturated rings. The molecule has 0 saturated heterocycles. The summed E-state index contributed by atoms with van der Waals surface area (Å²) in [7, 11) is -4.32. The predicted octanol–water partition coefficient (Wildman–Crippen LogP) is 2.26. The fourth-order valence-corrected chi connectivity index (χ4v) is 3.95. The van der Waals surface area contributed by atoms with Crippen LogP contribution in [0.1, 0.15) is 25.5 Å². The van der Waals surface area contributed by atoms with Crippen LogP contribution in [0.3, 0.4) is 0 Å². The highest BCUT2D eigenvalue weighted by Crippen LogP contribution is 2.17. The fourth-order valence-electron chi connectivity index (χ4n) is 2.53. The first-order chi connectivity index (χ1) is 13.5. The molecule has 10 heteroatoms. The Morgan fingerprint density at radius 2 is 1.69 bits per heavy atom. The van der Waals surface area contributed by atoms with Gasteiger partial charge in [-0.1, -0.05) is 32.0 Å². The molecule has 3 N–H and O–H groups in total. The molecule has 2 atom stereocenters. The van der Waals surface area contributed by atoms with E-state index in [1.54, 1.807) is 13.8 Å². The van der Waals surface area contributed by atoms with Crippen molar-refractivity contribution in [3.8, 4) is 0 Å². The van der Waals surface area contributed by atoms with Crippen molar-refractivity contribution in [1.29, 1.82) is 0 Å². The largest absolute Gasteiger partial charge is 0.387 e. The molecule has 0 spiro atoms. The van der Waals surface area contributed by atoms with Crippen LogP contribution in [0.15, 0.2) is 47.4 Å². The van der Waals surface area contributed by atoms with E-state index < -0.39 is 56.3 Å². The van der Waals surface area contributed by atoms with Crippen LogP contribution in [0, 0.1) is 23.4 Å². The van der Waals surface area contributed by atoms with Gasteiger partial charge in [0.1, 0.15) is 16.8 Å². The van der Waals surface area contributed by atoms with Gasteiger partial charge in [0, 0.05) is 6.54 Å². The van der Waals surface area contributed by atoms with Gasteiger partial charge in [-0.2, -0.15) is 4.72 Å². The summed E-state index contributed by atoms with van der Waals surface area (Å²) in [6, 6.07) is 6.28. The highest BCUT2D eigenvalue weighted by molar-refractivity contribution is 7.89. The number of hydrogen-bond donors (Lipinski definition) is 3. The van der Waals surface area contributed by atoms with Crippen molar-refractivity contribution in [2.45, 2.75) is 30.9 Å². The average Bonchev–Trinajstić information content (AvgIpc) is 2.66. The van der Waals surface area contributed by atoms with E-state index >= 15 is 0 Å². The molecule has 29 heavy (non-hydrogen) atoms. The fraction of sp³-hybridized carbons (Fsp3) is 0.316. The van der Waals surface area contributed by atoms with Gasteiger partial charge >= 0.3 is 0 Å². The number of amides is 1. The summed E-state index contributed by atoms with van der Waals surface area (Å²) in [5.41, 5.74) is 0.0391. The van der Waals surface area contributed by atoms with E-state index in [9.17, 15) is 31.5 Å². The zero-order chi connectivity index (χ0) is 21.8. The highest BCUT2D eigenvalue weighted by Gasteiger charge is 2.30. The summed E-state index contributed by atoms with van der Waals surface area (Å²) in [6.45, 7) is 2.80. The smallest absolute Gasteiger partial charge is 0.244 e. The molecule has 158 valence electrons. The van der Waals surface area contributed by atoms with Gasteiger partial charge in [0.25, 0.3) is 0 Å². The van der Waals surface area contributed by atoms with Gasteiger partial charge in [0.05, 0.1) is 6.10 Å². The van der Waals surface area contributed by atoms with Crippen LogP contribution < -0.4 is 10.0 Å². The molecule has 0 saturated carbocycles. The van der Waals surface area contributed by atoms with Gasteiger partial charge in [0.15, 0.2) is 11.6 Å². The number of rotatable bonds is 8. The van der Waals surface area contributed by atoms with E-state index in [2.05, 4.69) is 10.0 Å². The lowest BCUT2D eigenvalue weighted by atomic mass is 10.0. The number of sulfonamides is 1. The van der Waals surface area contributed by atoms with E-state index in [4.69, 9.17) is 0 Å². The monoisotopic (exact) mass is 430 g/mol. The second-order valence-electron chi connectivity index (χ2n) is 6.71. The summed E-state index contributed by atoms with van der Waals surface area (Å²) in [5, 5.41) is 12.4. The summed E-state index contributed by atoms with van der Waals surface area (Å²) in [5.74, 6) is -4.45. The zero-order valence-electron chi connectivity index (χ0n) is 15.7. The quantitative estimate of drug-likeness (QED) is 0.599. The molecule has 2 rings (SSSR count). The maximum atomic E-state index is 13.8. The van der Waals surface area contributed by atoms with Gasteiger partial charge in [-0.3, -0.25) is 4.79 Å². The van der Waals surface area contributed by atoms with Crippen molar-refractivity contribution in [1.82, 2.24) is 10.0 Å². The summed E-state index contributed by atoms with van der Waals surface area (Å²) >= 11 is 0. The minimum atomic E-state index is -4.32. The second kappa shape index (κ2) is 9.38. The van der Waals surface area contributed by atoms with Crippen molar-refractivity contribution in [2.24, 2.45) is 5.92 Å². The van der Waals surface area contributed by atoms with Crippen LogP contribution in [0.2, 0.25) is 0 Å². The lowest BCUT2D eigenvalue weighted by molar-refractivity contribution is -0.124. The number of nitrogens with one attached hydrogen (secondary N) is 2. The van der Waals surface area contributed by atoms with Crippen LogP contribution in [-0.4, -0.2) is 32.0 Å². The van der Waals surface area contributed by atoms with Crippen molar-refractivity contribution in [3.05, 3.63) is 65.5 Å². The van der Waals surface area contributed by atoms with Gasteiger partial charge in [-0.25, -0.2) is 21.6 Å². The number of aliphatic hydroxyl groups is 1. The Balaban J connectivity index is 2.09. The van der Waals surface area contributed by atoms with Gasteiger partial charge in [-0.05, 0) is 35.7 Å². The van der Waals surface area contributed by atoms with E-state index in [1.807, 2.05) is 0 Å². The van der Waals surface area contributed by atoms with E-state index in [-0.39, 0.29) is 12.1 Å². The molecule has 1 amide bonds. The molecule has 0 aromatic heterocycles. The number of hydrogen-bond acceptors (Lipinski definition) is 4. The third-order valence-electron chi connectivity index (χ3n) is 4.16. The van der Waals surface area contributed by atoms with Crippen LogP contribution in [-0.2, 0) is 14.8 Å². The van der Waals surface area contributed by atoms with Crippen molar-refractivity contribution < 1.29 is 31.5 Å². The number of carbonyl (C=O) groups is 1. The summed E-state index contributed by atoms with van der Waals surface area (Å²) < 4.78 is 67.1. The molecular weight excluding hydrogens is 409 g/mol. The minimum Gasteiger partial charge on any atom is -0.387 e. The Kier molecular flexibility index (Phi) is 7.39. The number of benzene rings is 2. The Labute approximate surface area is 166 Å². The number of aliphatic hydroxyl groups excluding tert-OH is 1. The van der Waals surface area contributed by atoms with E-state index in [0.717, 1.165) is 30.3 Å². The van der Waals surface area contributed by atoms with Crippen LogP contribution in [0.25, 0.3) is 0 Å². The number of halogens is 3. The van der Waals surface area contributed by atoms with Crippen LogP contribution >= 0.6 is 0 Å². The zero-order valence-corrected chi connectivity index (χ0v) is 16.5. The third-order valence-corrected chi connectivity index (χ3v) is 5.63. The first kappa shape index (κ1) is 22.9. The first-order valence-electron chi connectivity index (χ1n) is 8.70. The molecule has 2 aromatic carbocycles. The van der Waals surface area contributed by atoms with Crippen LogP contribution in [0.4, 0.5) is 13.2 Å². The Morgan fingerprint density at radius 1 is 1.03 bits per heavy atom. The number of carbonyl (C=O) groups excluding carboxylic acids is 1. The Hall–Kier alpha value is -2.43. The van der Waals surface area contributed by atoms with Crippen molar-refractivity contribution in [3.63, 3.8) is 0 Å². The maximum Gasteiger partial charge on any atom is 0.244 e. The van der Waals surface area contributed by atoms with Crippen LogP contribution in [0.5, 0.6) is 0 Å². The highest BCUT2D eigenvalue weighted by atomic mass is 32.2. The second-order valence-corrected chi connectivity index (χ2v) is 8.39. The molecule has 6 nitrogen and oxygen atoms in total. The summed E-state index contributed by atoms with van der Waals surface area (Å²) in [6.07, 6.45) is -1.34. The average molecular weight is 430 g/mol. The Morgan fingerprint density at radius 3 is 2.28 bits per heavy atom. The van der Waals surface area contributed by atoms with Crippen molar-refractivity contribution in [2.75, 3.05) is 6.54 Å². The molecule has 0 aliphatic heterocycles. The van der Waals surface area contributed by atoms with Gasteiger partial charge in [0.2, 0.25) is 15.9 Å². The van der Waals surface area contributed by atoms with E-state index in [0.29, 0.717) is 0 Å². The maximum absolute atomic E-state index is 13.8. The summed E-state index contributed by atoms with van der Waals surface area (Å²) in [4.78, 5) is 11.9. The first-order valence-corrected chi connectivity index (χ1v) is 10.2. The SMILES string of the molecule is CC(C)[C@H](NS(=O)(=O)c1ccccc1F)C(=O)NCC(O)c1ccc(F)c(F)c1. The topological polar surface area (TPSA) is 95.5 Å². The predicted molar refractivity (Wildman–Crippen MR) is 99.7 cm³/mol. The van der Waals surface area contributed by atoms with E-state index in [1.165, 1.54) is 12.1 Å². The molecule has 0 aliphatic rings. The van der Waals surface area contributed by atoms with Gasteiger partial charge in [-0.15, -0.1) is 0 Å². The third kappa shape index (κ3) is 5.78. The molecule has 1 unspecified atom stereocenters. The molecule has 2 aromatic rings. The Bertz CT molecular complexity index is 983. The molecular formula is C19H21F3N2O4S. The standard InChI is InChI=1S/C19H21F3N2O4S/c1-11(2)18(24-29(27,28)17-6-4-3-5-14(17)21)19(26)23-10-16(25)12-7-8-13(20)15(22)9-12/h3-9,11,16,18,24-25H,10H2,1-2H3,(H,23,26)/t16?,18-/m0/s1. The van der Waals surface area contributed by atoms with Gasteiger partial charge < -0.3 is 10.4 Å². The van der Waals surface area contributed by atoms with Crippen molar-refractivity contribution >= 4 is 15.9 Å². The lowest BCUT2D eigenvalue weighted by Crippen LogP contribution is -2.50. The lowest BCUT2D eigenvalue weighted by Gasteiger charge is -2.22. The molecule has 0 bridgehead atoms. The molecule has 0 radical (unpaired) electrons. The molecule has 0 heterocycles.